The van der Waals surface area contributed by atoms with Gasteiger partial charge in [0.15, 0.2) is 6.10 Å². The van der Waals surface area contributed by atoms with Crippen LogP contribution in [-0.4, -0.2) is 17.4 Å². The van der Waals surface area contributed by atoms with E-state index in [4.69, 9.17) is 5.11 Å². The molecule has 1 aromatic rings. The van der Waals surface area contributed by atoms with E-state index in [0.717, 1.165) is 12.1 Å². The molecule has 0 saturated carbocycles. The minimum absolute atomic E-state index is 0.0113. The molecule has 0 aliphatic carbocycles. The van der Waals surface area contributed by atoms with E-state index in [1.54, 1.807) is 0 Å². The third-order valence-electron chi connectivity index (χ3n) is 2.09. The van der Waals surface area contributed by atoms with E-state index in [2.05, 4.69) is 0 Å². The van der Waals surface area contributed by atoms with Gasteiger partial charge in [-0.3, -0.25) is 0 Å². The lowest BCUT2D eigenvalue weighted by atomic mass is 10.1. The van der Waals surface area contributed by atoms with E-state index in [-0.39, 0.29) is 5.56 Å². The summed E-state index contributed by atoms with van der Waals surface area (Å²) in [5, 5.41) is 8.72. The van der Waals surface area contributed by atoms with E-state index < -0.39 is 30.4 Å². The molecule has 1 rings (SSSR count). The molecule has 0 bridgehead atoms. The number of hydrogen-bond acceptors (Lipinski definition) is 1. The van der Waals surface area contributed by atoms with Crippen molar-refractivity contribution in [2.45, 2.75) is 24.9 Å². The summed E-state index contributed by atoms with van der Waals surface area (Å²) in [6, 6.07) is 3.19. The molecule has 96 valence electrons. The summed E-state index contributed by atoms with van der Waals surface area (Å²) >= 11 is 0. The molecule has 1 N–H and O–H groups in total. The zero-order valence-corrected chi connectivity index (χ0v) is 8.31. The van der Waals surface area contributed by atoms with Gasteiger partial charge in [-0.1, -0.05) is 12.1 Å². The molecule has 0 saturated heterocycles. The first kappa shape index (κ1) is 13.8. The van der Waals surface area contributed by atoms with Crippen LogP contribution in [0.1, 0.15) is 11.1 Å². The van der Waals surface area contributed by atoms with Crippen molar-refractivity contribution in [1.29, 1.82) is 0 Å². The van der Waals surface area contributed by atoms with Crippen molar-refractivity contribution in [3.05, 3.63) is 35.4 Å². The average Bonchev–Trinajstić information content (AvgIpc) is 2.15. The predicted molar refractivity (Wildman–Crippen MR) is 47.2 cm³/mol. The molecule has 0 radical (unpaired) electrons. The molecule has 17 heavy (non-hydrogen) atoms. The fraction of sp³-hybridized carbons (Fsp3) is 0.400. The zero-order valence-electron chi connectivity index (χ0n) is 8.31. The van der Waals surface area contributed by atoms with Crippen molar-refractivity contribution in [3.8, 4) is 0 Å². The number of benzene rings is 1. The highest BCUT2D eigenvalue weighted by Crippen LogP contribution is 2.30. The van der Waals surface area contributed by atoms with Crippen LogP contribution in [0.2, 0.25) is 0 Å². The molecule has 0 fully saturated rings. The SMILES string of the molecule is O[C@@H](Cc1ccc(C(F)(F)F)cc1)C(F)(F)F. The monoisotopic (exact) mass is 258 g/mol. The summed E-state index contributed by atoms with van der Waals surface area (Å²) in [6.07, 6.45) is -12.6. The molecular weight excluding hydrogens is 250 g/mol. The van der Waals surface area contributed by atoms with Crippen LogP contribution in [0.5, 0.6) is 0 Å². The first-order valence-electron chi connectivity index (χ1n) is 4.51. The fourth-order valence-electron chi connectivity index (χ4n) is 1.17. The second-order valence-electron chi connectivity index (χ2n) is 3.46. The highest BCUT2D eigenvalue weighted by Gasteiger charge is 2.38. The summed E-state index contributed by atoms with van der Waals surface area (Å²) in [6.45, 7) is 0. The first-order valence-corrected chi connectivity index (χ1v) is 4.51. The van der Waals surface area contributed by atoms with Crippen molar-refractivity contribution in [2.75, 3.05) is 0 Å². The molecule has 0 heterocycles. The lowest BCUT2D eigenvalue weighted by Crippen LogP contribution is -2.30. The molecular formula is C10H8F6O. The van der Waals surface area contributed by atoms with Gasteiger partial charge in [-0.2, -0.15) is 26.3 Å². The smallest absolute Gasteiger partial charge is 0.383 e. The maximum atomic E-state index is 12.1. The molecule has 0 aliphatic heterocycles. The van der Waals surface area contributed by atoms with Gasteiger partial charge >= 0.3 is 12.4 Å². The Hall–Kier alpha value is -1.24. The van der Waals surface area contributed by atoms with Gasteiger partial charge in [0, 0.05) is 6.42 Å². The molecule has 0 spiro atoms. The van der Waals surface area contributed by atoms with Gasteiger partial charge in [0.1, 0.15) is 0 Å². The number of hydrogen-bond donors (Lipinski definition) is 1. The summed E-state index contributed by atoms with van der Waals surface area (Å²) in [7, 11) is 0. The normalized spacial score (nSPS) is 14.8. The Morgan fingerprint density at radius 1 is 0.941 bits per heavy atom. The van der Waals surface area contributed by atoms with Crippen molar-refractivity contribution in [2.24, 2.45) is 0 Å². The van der Waals surface area contributed by atoms with E-state index in [9.17, 15) is 26.3 Å². The van der Waals surface area contributed by atoms with Gasteiger partial charge < -0.3 is 5.11 Å². The quantitative estimate of drug-likeness (QED) is 0.808. The van der Waals surface area contributed by atoms with E-state index in [0.29, 0.717) is 12.1 Å². The van der Waals surface area contributed by atoms with Crippen molar-refractivity contribution < 1.29 is 31.4 Å². The highest BCUT2D eigenvalue weighted by molar-refractivity contribution is 5.25. The van der Waals surface area contributed by atoms with Gasteiger partial charge in [-0.05, 0) is 17.7 Å². The maximum Gasteiger partial charge on any atom is 0.416 e. The summed E-state index contributed by atoms with van der Waals surface area (Å²) in [5.41, 5.74) is -0.953. The average molecular weight is 258 g/mol. The number of alkyl halides is 6. The van der Waals surface area contributed by atoms with Crippen LogP contribution in [0, 0.1) is 0 Å². The molecule has 0 aliphatic rings. The van der Waals surface area contributed by atoms with Crippen LogP contribution >= 0.6 is 0 Å². The van der Waals surface area contributed by atoms with Crippen LogP contribution in [0.3, 0.4) is 0 Å². The Kier molecular flexibility index (Phi) is 3.71. The minimum atomic E-state index is -4.78. The van der Waals surface area contributed by atoms with Crippen LogP contribution in [0.4, 0.5) is 26.3 Å². The Balaban J connectivity index is 2.76. The molecule has 0 amide bonds. The van der Waals surface area contributed by atoms with Gasteiger partial charge in [-0.25, -0.2) is 0 Å². The molecule has 0 unspecified atom stereocenters. The third-order valence-corrected chi connectivity index (χ3v) is 2.09. The highest BCUT2D eigenvalue weighted by atomic mass is 19.4. The number of aliphatic hydroxyl groups excluding tert-OH is 1. The first-order chi connectivity index (χ1) is 7.60. The second-order valence-corrected chi connectivity index (χ2v) is 3.46. The molecule has 1 atom stereocenters. The molecule has 0 aromatic heterocycles. The number of halogens is 6. The Morgan fingerprint density at radius 2 is 1.41 bits per heavy atom. The third kappa shape index (κ3) is 3.92. The summed E-state index contributed by atoms with van der Waals surface area (Å²) in [5.74, 6) is 0. The molecule has 1 nitrogen and oxygen atoms in total. The Morgan fingerprint density at radius 3 is 1.76 bits per heavy atom. The lowest BCUT2D eigenvalue weighted by Gasteiger charge is -2.14. The van der Waals surface area contributed by atoms with E-state index >= 15 is 0 Å². The summed E-state index contributed by atoms with van der Waals surface area (Å²) < 4.78 is 72.3. The van der Waals surface area contributed by atoms with Crippen molar-refractivity contribution in [1.82, 2.24) is 0 Å². The molecule has 1 aromatic carbocycles. The summed E-state index contributed by atoms with van der Waals surface area (Å²) in [4.78, 5) is 0. The zero-order chi connectivity index (χ0) is 13.3. The maximum absolute atomic E-state index is 12.1. The van der Waals surface area contributed by atoms with E-state index in [1.165, 1.54) is 0 Å². The van der Waals surface area contributed by atoms with Crippen LogP contribution in [0.15, 0.2) is 24.3 Å². The number of rotatable bonds is 2. The number of aliphatic hydroxyl groups is 1. The van der Waals surface area contributed by atoms with Crippen LogP contribution < -0.4 is 0 Å². The second kappa shape index (κ2) is 4.56. The van der Waals surface area contributed by atoms with Crippen LogP contribution in [0.25, 0.3) is 0 Å². The van der Waals surface area contributed by atoms with Crippen molar-refractivity contribution >= 4 is 0 Å². The van der Waals surface area contributed by atoms with Crippen molar-refractivity contribution in [3.63, 3.8) is 0 Å². The largest absolute Gasteiger partial charge is 0.416 e. The van der Waals surface area contributed by atoms with Gasteiger partial charge in [0.2, 0.25) is 0 Å². The van der Waals surface area contributed by atoms with Gasteiger partial charge in [0.05, 0.1) is 5.56 Å². The van der Waals surface area contributed by atoms with Gasteiger partial charge in [0.25, 0.3) is 0 Å². The fourth-order valence-corrected chi connectivity index (χ4v) is 1.17. The van der Waals surface area contributed by atoms with E-state index in [1.807, 2.05) is 0 Å². The Labute approximate surface area is 92.7 Å². The lowest BCUT2D eigenvalue weighted by molar-refractivity contribution is -0.203. The van der Waals surface area contributed by atoms with Crippen LogP contribution in [-0.2, 0) is 12.6 Å². The predicted octanol–water partition coefficient (Wildman–Crippen LogP) is 3.17. The minimum Gasteiger partial charge on any atom is -0.383 e. The Bertz CT molecular complexity index is 364. The van der Waals surface area contributed by atoms with Gasteiger partial charge in [-0.15, -0.1) is 0 Å². The standard InChI is InChI=1S/C10H8F6O/c11-9(12,13)7-3-1-6(2-4-7)5-8(17)10(14,15)16/h1-4,8,17H,5H2/t8-/m0/s1. The topological polar surface area (TPSA) is 20.2 Å². The molecule has 7 heteroatoms.